The van der Waals surface area contributed by atoms with Gasteiger partial charge in [0.15, 0.2) is 0 Å². The zero-order valence-corrected chi connectivity index (χ0v) is 12.6. The molecule has 1 aromatic heterocycles. The van der Waals surface area contributed by atoms with Crippen LogP contribution < -0.4 is 0 Å². The first-order chi connectivity index (χ1) is 10.0. The molecule has 1 amide bonds. The second-order valence-corrected chi connectivity index (χ2v) is 6.70. The fourth-order valence-electron chi connectivity index (χ4n) is 3.08. The van der Waals surface area contributed by atoms with Crippen LogP contribution in [0.25, 0.3) is 6.08 Å². The minimum absolute atomic E-state index is 0.00713. The highest BCUT2D eigenvalue weighted by Crippen LogP contribution is 2.32. The number of likely N-dealkylation sites (tertiary alicyclic amines) is 2. The molecule has 0 spiro atoms. The Kier molecular flexibility index (Phi) is 3.77. The summed E-state index contributed by atoms with van der Waals surface area (Å²) in [4.78, 5) is 27.4. The molecule has 2 unspecified atom stereocenters. The summed E-state index contributed by atoms with van der Waals surface area (Å²) in [6.45, 7) is 1.86. The fraction of sp³-hybridized carbons (Fsp3) is 0.500. The van der Waals surface area contributed by atoms with Crippen LogP contribution in [0.3, 0.4) is 0 Å². The fourth-order valence-corrected chi connectivity index (χ4v) is 3.80. The normalized spacial score (nSPS) is 25.7. The van der Waals surface area contributed by atoms with Gasteiger partial charge in [-0.1, -0.05) is 11.3 Å². The Balaban J connectivity index is 1.68. The molecule has 1 aromatic rings. The quantitative estimate of drug-likeness (QED) is 0.488. The van der Waals surface area contributed by atoms with Crippen molar-refractivity contribution in [3.63, 3.8) is 0 Å². The van der Waals surface area contributed by atoms with E-state index in [0.29, 0.717) is 5.92 Å². The van der Waals surface area contributed by atoms with Crippen molar-refractivity contribution in [2.45, 2.75) is 19.0 Å². The number of thiophene rings is 1. The molecule has 2 saturated heterocycles. The lowest BCUT2D eigenvalue weighted by Crippen LogP contribution is -2.45. The highest BCUT2D eigenvalue weighted by Gasteiger charge is 2.39. The van der Waals surface area contributed by atoms with Gasteiger partial charge in [0.05, 0.1) is 11.1 Å². The minimum Gasteiger partial charge on any atom is -0.323 e. The molecule has 0 radical (unpaired) electrons. The van der Waals surface area contributed by atoms with Crippen molar-refractivity contribution in [2.75, 3.05) is 20.1 Å². The number of carbonyl (C=O) groups excluding carboxylic acids is 1. The van der Waals surface area contributed by atoms with Crippen molar-refractivity contribution >= 4 is 28.3 Å². The molecule has 0 aliphatic carbocycles. The molecule has 0 saturated carbocycles. The number of amides is 1. The number of hydrogen-bond acceptors (Lipinski definition) is 5. The highest BCUT2D eigenvalue weighted by molar-refractivity contribution is 7.16. The SMILES string of the molecule is CN1CCC2CC1N(C(=O)/C=C/c1ccc([N+](=O)[O-])s1)C2. The van der Waals surface area contributed by atoms with E-state index in [0.717, 1.165) is 42.1 Å². The molecule has 112 valence electrons. The van der Waals surface area contributed by atoms with Crippen LogP contribution in [0.4, 0.5) is 5.00 Å². The summed E-state index contributed by atoms with van der Waals surface area (Å²) in [5.41, 5.74) is 0. The van der Waals surface area contributed by atoms with E-state index in [1.165, 1.54) is 12.1 Å². The van der Waals surface area contributed by atoms with Gasteiger partial charge in [-0.3, -0.25) is 19.8 Å². The van der Waals surface area contributed by atoms with Crippen molar-refractivity contribution in [2.24, 2.45) is 5.92 Å². The molecular formula is C14H17N3O3S. The largest absolute Gasteiger partial charge is 0.324 e. The molecular weight excluding hydrogens is 290 g/mol. The monoisotopic (exact) mass is 307 g/mol. The second kappa shape index (κ2) is 5.57. The first-order valence-corrected chi connectivity index (χ1v) is 7.79. The lowest BCUT2D eigenvalue weighted by atomic mass is 10.00. The summed E-state index contributed by atoms with van der Waals surface area (Å²) in [7, 11) is 2.05. The minimum atomic E-state index is -0.414. The summed E-state index contributed by atoms with van der Waals surface area (Å²) >= 11 is 1.08. The van der Waals surface area contributed by atoms with Crippen molar-refractivity contribution in [3.05, 3.63) is 33.2 Å². The van der Waals surface area contributed by atoms with Crippen molar-refractivity contribution in [3.8, 4) is 0 Å². The van der Waals surface area contributed by atoms with Crippen LogP contribution in [-0.2, 0) is 4.79 Å². The summed E-state index contributed by atoms with van der Waals surface area (Å²) in [6.07, 6.45) is 5.61. The Morgan fingerprint density at radius 2 is 2.33 bits per heavy atom. The van der Waals surface area contributed by atoms with Crippen LogP contribution in [0.1, 0.15) is 17.7 Å². The maximum Gasteiger partial charge on any atom is 0.324 e. The smallest absolute Gasteiger partial charge is 0.323 e. The Hall–Kier alpha value is -1.73. The number of fused-ring (bicyclic) bond motifs is 2. The number of rotatable bonds is 3. The van der Waals surface area contributed by atoms with E-state index in [-0.39, 0.29) is 17.1 Å². The third-order valence-corrected chi connectivity index (χ3v) is 5.23. The third-order valence-electron chi connectivity index (χ3n) is 4.22. The average Bonchev–Trinajstić information content (AvgIpc) is 3.06. The molecule has 0 N–H and O–H groups in total. The molecule has 0 aromatic carbocycles. The molecule has 2 bridgehead atoms. The van der Waals surface area contributed by atoms with Gasteiger partial charge in [0.1, 0.15) is 0 Å². The van der Waals surface area contributed by atoms with Gasteiger partial charge in [0, 0.05) is 30.1 Å². The van der Waals surface area contributed by atoms with Crippen molar-refractivity contribution in [1.82, 2.24) is 9.80 Å². The second-order valence-electron chi connectivity index (χ2n) is 5.61. The summed E-state index contributed by atoms with van der Waals surface area (Å²) < 4.78 is 0. The van der Waals surface area contributed by atoms with Gasteiger partial charge in [-0.2, -0.15) is 0 Å². The number of hydrogen-bond donors (Lipinski definition) is 0. The van der Waals surface area contributed by atoms with Crippen LogP contribution in [-0.4, -0.2) is 46.9 Å². The molecule has 3 rings (SSSR count). The summed E-state index contributed by atoms with van der Waals surface area (Å²) in [6, 6.07) is 3.13. The number of carbonyl (C=O) groups is 1. The maximum absolute atomic E-state index is 12.3. The average molecular weight is 307 g/mol. The lowest BCUT2D eigenvalue weighted by molar-refractivity contribution is -0.380. The molecule has 6 nitrogen and oxygen atoms in total. The summed E-state index contributed by atoms with van der Waals surface area (Å²) in [5, 5.41) is 10.7. The van der Waals surface area contributed by atoms with Crippen LogP contribution in [0.15, 0.2) is 18.2 Å². The van der Waals surface area contributed by atoms with Gasteiger partial charge in [0.25, 0.3) is 0 Å². The standard InChI is InChI=1S/C14H17N3O3S/c1-15-7-6-10-8-12(15)16(9-10)13(18)4-2-11-3-5-14(21-11)17(19)20/h2-5,10,12H,6-9H2,1H3/b4-2+. The Labute approximate surface area is 126 Å². The van der Waals surface area contributed by atoms with Gasteiger partial charge in [0.2, 0.25) is 5.91 Å². The maximum atomic E-state index is 12.3. The van der Waals surface area contributed by atoms with Gasteiger partial charge < -0.3 is 4.90 Å². The third kappa shape index (κ3) is 2.84. The Bertz CT molecular complexity index is 598. The van der Waals surface area contributed by atoms with Gasteiger partial charge in [-0.15, -0.1) is 0 Å². The van der Waals surface area contributed by atoms with Crippen LogP contribution in [0.2, 0.25) is 0 Å². The van der Waals surface area contributed by atoms with Crippen molar-refractivity contribution in [1.29, 1.82) is 0 Å². The first-order valence-electron chi connectivity index (χ1n) is 6.98. The molecule has 2 fully saturated rings. The van der Waals surface area contributed by atoms with E-state index >= 15 is 0 Å². The Morgan fingerprint density at radius 3 is 3.05 bits per heavy atom. The van der Waals surface area contributed by atoms with Gasteiger partial charge >= 0.3 is 5.00 Å². The van der Waals surface area contributed by atoms with E-state index in [4.69, 9.17) is 0 Å². The molecule has 21 heavy (non-hydrogen) atoms. The molecule has 7 heteroatoms. The van der Waals surface area contributed by atoms with Crippen LogP contribution in [0, 0.1) is 16.0 Å². The zero-order valence-electron chi connectivity index (χ0n) is 11.8. The molecule has 3 heterocycles. The van der Waals surface area contributed by atoms with Gasteiger partial charge in [-0.05, 0) is 37.9 Å². The first kappa shape index (κ1) is 14.2. The summed E-state index contributed by atoms with van der Waals surface area (Å²) in [5.74, 6) is 0.610. The van der Waals surface area contributed by atoms with E-state index < -0.39 is 4.92 Å². The highest BCUT2D eigenvalue weighted by atomic mass is 32.1. The van der Waals surface area contributed by atoms with Crippen LogP contribution >= 0.6 is 11.3 Å². The van der Waals surface area contributed by atoms with E-state index in [2.05, 4.69) is 11.9 Å². The van der Waals surface area contributed by atoms with Crippen LogP contribution in [0.5, 0.6) is 0 Å². The predicted molar refractivity (Wildman–Crippen MR) is 80.9 cm³/mol. The van der Waals surface area contributed by atoms with E-state index in [1.54, 1.807) is 12.1 Å². The van der Waals surface area contributed by atoms with E-state index in [9.17, 15) is 14.9 Å². The number of nitro groups is 1. The molecule has 2 aliphatic heterocycles. The topological polar surface area (TPSA) is 66.7 Å². The number of nitrogens with zero attached hydrogens (tertiary/aromatic N) is 3. The van der Waals surface area contributed by atoms with Crippen molar-refractivity contribution < 1.29 is 9.72 Å². The Morgan fingerprint density at radius 1 is 1.52 bits per heavy atom. The number of piperidine rings is 1. The molecule has 2 aliphatic rings. The van der Waals surface area contributed by atoms with E-state index in [1.807, 2.05) is 4.90 Å². The van der Waals surface area contributed by atoms with Gasteiger partial charge in [-0.25, -0.2) is 0 Å². The zero-order chi connectivity index (χ0) is 15.0. The molecule has 2 atom stereocenters. The predicted octanol–water partition coefficient (Wildman–Crippen LogP) is 2.18. The lowest BCUT2D eigenvalue weighted by Gasteiger charge is -2.32.